The van der Waals surface area contributed by atoms with E-state index in [0.29, 0.717) is 39.0 Å². The molecule has 0 saturated heterocycles. The van der Waals surface area contributed by atoms with E-state index in [1.54, 1.807) is 36.9 Å². The Bertz CT molecular complexity index is 1210. The number of aliphatic hydroxyl groups excluding tert-OH is 1. The van der Waals surface area contributed by atoms with E-state index in [-0.39, 0.29) is 12.2 Å². The van der Waals surface area contributed by atoms with Crippen molar-refractivity contribution in [1.29, 1.82) is 0 Å². The number of ether oxygens (including phenoxy) is 1. The minimum Gasteiger partial charge on any atom is -0.473 e. The number of aliphatic hydroxyl groups is 1. The number of benzene rings is 1. The molecule has 2 heterocycles. The third kappa shape index (κ3) is 5.41. The van der Waals surface area contributed by atoms with Gasteiger partial charge in [0, 0.05) is 28.4 Å². The molecule has 8 nitrogen and oxygen atoms in total. The lowest BCUT2D eigenvalue weighted by molar-refractivity contribution is 0.0647. The average molecular weight is 462 g/mol. The summed E-state index contributed by atoms with van der Waals surface area (Å²) in [5.74, 6) is 0.974. The summed E-state index contributed by atoms with van der Waals surface area (Å²) < 4.78 is 22.4. The number of halogens is 1. The fraction of sp³-hybridized carbons (Fsp3) is 0.381. The molecule has 164 valence electrons. The molecule has 1 fully saturated rings. The van der Waals surface area contributed by atoms with E-state index in [4.69, 9.17) is 16.3 Å². The summed E-state index contributed by atoms with van der Waals surface area (Å²) in [6.45, 7) is 0. The highest BCUT2D eigenvalue weighted by Crippen LogP contribution is 2.35. The van der Waals surface area contributed by atoms with Crippen molar-refractivity contribution in [3.05, 3.63) is 41.8 Å². The highest BCUT2D eigenvalue weighted by Gasteiger charge is 2.22. The predicted molar refractivity (Wildman–Crippen MR) is 123 cm³/mol. The standard InChI is InChI=1S/C21H24ClN5O3S/c1-31(2,29)27-13-10-16(22)19-18(11-13)24-12-25-20(19)26-17-4-3-9-23-21(17)30-15-7-5-14(28)6-8-15/h3-4,9-12,14-15,28H,5-8H2,1-2H3,(H,24,25,26)/t14-,15-. The second-order valence-corrected chi connectivity index (χ2v) is 10.8. The van der Waals surface area contributed by atoms with Crippen LogP contribution in [0.15, 0.2) is 41.2 Å². The van der Waals surface area contributed by atoms with Crippen molar-refractivity contribution in [2.75, 3.05) is 17.8 Å². The third-order valence-corrected chi connectivity index (χ3v) is 5.89. The lowest BCUT2D eigenvalue weighted by Crippen LogP contribution is -2.27. The van der Waals surface area contributed by atoms with Gasteiger partial charge in [0.2, 0.25) is 5.88 Å². The molecule has 0 aliphatic heterocycles. The van der Waals surface area contributed by atoms with E-state index in [9.17, 15) is 9.32 Å². The van der Waals surface area contributed by atoms with E-state index in [1.807, 2.05) is 6.07 Å². The molecule has 0 radical (unpaired) electrons. The van der Waals surface area contributed by atoms with Crippen LogP contribution in [-0.4, -0.2) is 49.0 Å². The normalized spacial score (nSPS) is 19.2. The maximum Gasteiger partial charge on any atom is 0.238 e. The van der Waals surface area contributed by atoms with Gasteiger partial charge in [-0.3, -0.25) is 0 Å². The zero-order chi connectivity index (χ0) is 22.0. The minimum atomic E-state index is -2.33. The maximum atomic E-state index is 12.0. The van der Waals surface area contributed by atoms with Gasteiger partial charge in [-0.2, -0.15) is 4.36 Å². The fourth-order valence-electron chi connectivity index (χ4n) is 3.56. The second-order valence-electron chi connectivity index (χ2n) is 7.85. The first-order chi connectivity index (χ1) is 14.8. The van der Waals surface area contributed by atoms with Gasteiger partial charge in [0.25, 0.3) is 0 Å². The Kier molecular flexibility index (Phi) is 6.27. The topological polar surface area (TPSA) is 110 Å². The van der Waals surface area contributed by atoms with Crippen LogP contribution >= 0.6 is 11.6 Å². The highest BCUT2D eigenvalue weighted by molar-refractivity contribution is 7.92. The SMILES string of the molecule is CS(C)(=O)=Nc1cc(Cl)c2c(Nc3cccnc3O[C@H]3CC[C@H](O)CC3)ncnc2c1. The van der Waals surface area contributed by atoms with Gasteiger partial charge in [-0.05, 0) is 49.9 Å². The molecule has 1 aliphatic carbocycles. The van der Waals surface area contributed by atoms with E-state index < -0.39 is 9.73 Å². The van der Waals surface area contributed by atoms with Crippen molar-refractivity contribution in [3.63, 3.8) is 0 Å². The fourth-order valence-corrected chi connectivity index (χ4v) is 4.47. The van der Waals surface area contributed by atoms with E-state index >= 15 is 0 Å². The third-order valence-electron chi connectivity index (χ3n) is 4.95. The van der Waals surface area contributed by atoms with Gasteiger partial charge in [-0.15, -0.1) is 0 Å². The van der Waals surface area contributed by atoms with Crippen molar-refractivity contribution in [2.45, 2.75) is 37.9 Å². The van der Waals surface area contributed by atoms with Gasteiger partial charge in [0.05, 0.1) is 27.7 Å². The van der Waals surface area contributed by atoms with Crippen LogP contribution in [0.2, 0.25) is 5.02 Å². The number of hydrogen-bond donors (Lipinski definition) is 2. The van der Waals surface area contributed by atoms with Crippen LogP contribution in [0.25, 0.3) is 10.9 Å². The monoisotopic (exact) mass is 461 g/mol. The van der Waals surface area contributed by atoms with Crippen LogP contribution in [0.4, 0.5) is 17.2 Å². The van der Waals surface area contributed by atoms with Crippen LogP contribution in [0.5, 0.6) is 5.88 Å². The summed E-state index contributed by atoms with van der Waals surface area (Å²) in [6, 6.07) is 7.05. The second kappa shape index (κ2) is 8.94. The number of hydrogen-bond acceptors (Lipinski definition) is 8. The zero-order valence-corrected chi connectivity index (χ0v) is 18.9. The molecular formula is C21H24ClN5O3S. The number of nitrogens with one attached hydrogen (secondary N) is 1. The molecule has 3 aromatic rings. The van der Waals surface area contributed by atoms with Gasteiger partial charge >= 0.3 is 0 Å². The number of nitrogens with zero attached hydrogens (tertiary/aromatic N) is 4. The summed E-state index contributed by atoms with van der Waals surface area (Å²) in [7, 11) is -2.33. The molecule has 1 aromatic carbocycles. The Balaban J connectivity index is 1.66. The Morgan fingerprint density at radius 1 is 1.19 bits per heavy atom. The molecule has 2 aromatic heterocycles. The number of aromatic nitrogens is 3. The minimum absolute atomic E-state index is 0.00620. The maximum absolute atomic E-state index is 12.0. The molecular weight excluding hydrogens is 438 g/mol. The van der Waals surface area contributed by atoms with Crippen molar-refractivity contribution in [3.8, 4) is 5.88 Å². The van der Waals surface area contributed by atoms with Crippen molar-refractivity contribution in [2.24, 2.45) is 4.36 Å². The summed E-state index contributed by atoms with van der Waals surface area (Å²) >= 11 is 6.53. The Hall–Kier alpha value is -2.49. The van der Waals surface area contributed by atoms with E-state index in [0.717, 1.165) is 25.7 Å². The molecule has 2 N–H and O–H groups in total. The largest absolute Gasteiger partial charge is 0.473 e. The zero-order valence-electron chi connectivity index (χ0n) is 17.3. The van der Waals surface area contributed by atoms with E-state index in [1.165, 1.54) is 6.33 Å². The number of pyridine rings is 1. The van der Waals surface area contributed by atoms with Crippen LogP contribution < -0.4 is 10.1 Å². The quantitative estimate of drug-likeness (QED) is 0.577. The highest BCUT2D eigenvalue weighted by atomic mass is 35.5. The van der Waals surface area contributed by atoms with Crippen LogP contribution in [-0.2, 0) is 9.73 Å². The Labute approximate surface area is 186 Å². The summed E-state index contributed by atoms with van der Waals surface area (Å²) in [5, 5.41) is 14.0. The van der Waals surface area contributed by atoms with Gasteiger partial charge in [0.15, 0.2) is 0 Å². The van der Waals surface area contributed by atoms with Gasteiger partial charge in [-0.1, -0.05) is 11.6 Å². The lowest BCUT2D eigenvalue weighted by atomic mass is 9.95. The van der Waals surface area contributed by atoms with Gasteiger partial charge < -0.3 is 15.2 Å². The summed E-state index contributed by atoms with van der Waals surface area (Å²) in [5.41, 5.74) is 1.74. The Morgan fingerprint density at radius 2 is 1.97 bits per heavy atom. The van der Waals surface area contributed by atoms with Gasteiger partial charge in [0.1, 0.15) is 23.9 Å². The van der Waals surface area contributed by atoms with Gasteiger partial charge in [-0.25, -0.2) is 19.2 Å². The molecule has 0 unspecified atom stereocenters. The van der Waals surface area contributed by atoms with Crippen LogP contribution in [0.3, 0.4) is 0 Å². The number of fused-ring (bicyclic) bond motifs is 1. The van der Waals surface area contributed by atoms with Crippen molar-refractivity contribution < 1.29 is 14.1 Å². The van der Waals surface area contributed by atoms with Crippen LogP contribution in [0.1, 0.15) is 25.7 Å². The predicted octanol–water partition coefficient (Wildman–Crippen LogP) is 4.46. The lowest BCUT2D eigenvalue weighted by Gasteiger charge is -2.26. The van der Waals surface area contributed by atoms with Crippen LogP contribution in [0, 0.1) is 0 Å². The molecule has 0 amide bonds. The molecule has 0 spiro atoms. The molecule has 10 heteroatoms. The van der Waals surface area contributed by atoms with E-state index in [2.05, 4.69) is 24.6 Å². The first-order valence-electron chi connectivity index (χ1n) is 9.96. The molecule has 4 rings (SSSR count). The first kappa shape index (κ1) is 21.7. The molecule has 1 saturated carbocycles. The summed E-state index contributed by atoms with van der Waals surface area (Å²) in [6.07, 6.45) is 9.00. The molecule has 0 bridgehead atoms. The average Bonchev–Trinajstić information content (AvgIpc) is 2.70. The molecule has 0 atom stereocenters. The number of rotatable bonds is 5. The molecule has 1 aliphatic rings. The molecule has 31 heavy (non-hydrogen) atoms. The van der Waals surface area contributed by atoms with Crippen molar-refractivity contribution in [1.82, 2.24) is 15.0 Å². The van der Waals surface area contributed by atoms with Crippen molar-refractivity contribution >= 4 is 49.4 Å². The Morgan fingerprint density at radius 3 is 2.71 bits per heavy atom. The first-order valence-corrected chi connectivity index (χ1v) is 12.7. The smallest absolute Gasteiger partial charge is 0.238 e. The number of anilines is 2. The summed E-state index contributed by atoms with van der Waals surface area (Å²) in [4.78, 5) is 13.0.